The molecule has 0 aliphatic heterocycles. The van der Waals surface area contributed by atoms with Gasteiger partial charge in [0.25, 0.3) is 0 Å². The van der Waals surface area contributed by atoms with E-state index in [0.29, 0.717) is 11.6 Å². The minimum absolute atomic E-state index is 0.0911. The number of halogens is 2. The molecule has 3 rings (SSSR count). The molecule has 110 valence electrons. The van der Waals surface area contributed by atoms with Gasteiger partial charge in [0, 0.05) is 5.02 Å². The van der Waals surface area contributed by atoms with Crippen molar-refractivity contribution in [3.63, 3.8) is 0 Å². The van der Waals surface area contributed by atoms with Crippen molar-refractivity contribution >= 4 is 17.3 Å². The summed E-state index contributed by atoms with van der Waals surface area (Å²) < 4.78 is 19.4. The zero-order chi connectivity index (χ0) is 14.8. The van der Waals surface area contributed by atoms with Crippen molar-refractivity contribution in [3.8, 4) is 5.75 Å². The van der Waals surface area contributed by atoms with Crippen LogP contribution in [0.15, 0.2) is 36.4 Å². The number of nitrogens with one attached hydrogen (secondary N) is 1. The van der Waals surface area contributed by atoms with E-state index in [-0.39, 0.29) is 11.9 Å². The fourth-order valence-electron chi connectivity index (χ4n) is 2.84. The maximum absolute atomic E-state index is 13.8. The van der Waals surface area contributed by atoms with Crippen LogP contribution in [0.5, 0.6) is 5.75 Å². The van der Waals surface area contributed by atoms with Crippen molar-refractivity contribution in [3.05, 3.63) is 58.4 Å². The summed E-state index contributed by atoms with van der Waals surface area (Å²) in [5.41, 5.74) is 2.69. The molecule has 0 spiro atoms. The Morgan fingerprint density at radius 1 is 1.33 bits per heavy atom. The van der Waals surface area contributed by atoms with Gasteiger partial charge in [0.2, 0.25) is 0 Å². The molecule has 0 saturated carbocycles. The quantitative estimate of drug-likeness (QED) is 0.860. The number of hydrogen-bond donors (Lipinski definition) is 1. The number of fused-ring (bicyclic) bond motifs is 1. The van der Waals surface area contributed by atoms with Crippen molar-refractivity contribution in [1.29, 1.82) is 0 Å². The van der Waals surface area contributed by atoms with Gasteiger partial charge in [-0.3, -0.25) is 0 Å². The summed E-state index contributed by atoms with van der Waals surface area (Å²) >= 11 is 6.07. The molecule has 2 aromatic carbocycles. The minimum Gasteiger partial charge on any atom is -0.492 e. The summed E-state index contributed by atoms with van der Waals surface area (Å²) in [6, 6.07) is 10.9. The van der Waals surface area contributed by atoms with Crippen LogP contribution in [-0.4, -0.2) is 6.61 Å². The van der Waals surface area contributed by atoms with Crippen LogP contribution in [0.1, 0.15) is 30.5 Å². The lowest BCUT2D eigenvalue weighted by molar-refractivity contribution is 0.341. The highest BCUT2D eigenvalue weighted by Crippen LogP contribution is 2.38. The second-order valence-corrected chi connectivity index (χ2v) is 5.55. The van der Waals surface area contributed by atoms with Crippen molar-refractivity contribution in [2.75, 3.05) is 11.9 Å². The second kappa shape index (κ2) is 5.94. The highest BCUT2D eigenvalue weighted by Gasteiger charge is 2.25. The Labute approximate surface area is 128 Å². The smallest absolute Gasteiger partial charge is 0.142 e. The molecule has 2 nitrogen and oxygen atoms in total. The highest BCUT2D eigenvalue weighted by molar-refractivity contribution is 6.30. The molecule has 1 aliphatic rings. The van der Waals surface area contributed by atoms with E-state index in [1.54, 1.807) is 12.1 Å². The van der Waals surface area contributed by atoms with Crippen molar-refractivity contribution in [1.82, 2.24) is 0 Å². The van der Waals surface area contributed by atoms with Crippen molar-refractivity contribution in [2.45, 2.75) is 25.8 Å². The van der Waals surface area contributed by atoms with E-state index in [4.69, 9.17) is 16.3 Å². The van der Waals surface area contributed by atoms with Crippen LogP contribution >= 0.6 is 11.6 Å². The molecule has 1 N–H and O–H groups in total. The van der Waals surface area contributed by atoms with Crippen molar-refractivity contribution < 1.29 is 9.13 Å². The Kier molecular flexibility index (Phi) is 4.02. The summed E-state index contributed by atoms with van der Waals surface area (Å²) in [5.74, 6) is 0.652. The van der Waals surface area contributed by atoms with Gasteiger partial charge in [-0.1, -0.05) is 23.7 Å². The van der Waals surface area contributed by atoms with Crippen LogP contribution in [0.4, 0.5) is 10.1 Å². The molecule has 0 heterocycles. The molecule has 0 saturated heterocycles. The maximum atomic E-state index is 13.8. The fraction of sp³-hybridized carbons (Fsp3) is 0.294. The minimum atomic E-state index is -0.118. The largest absolute Gasteiger partial charge is 0.492 e. The van der Waals surface area contributed by atoms with E-state index in [2.05, 4.69) is 5.32 Å². The summed E-state index contributed by atoms with van der Waals surface area (Å²) in [6.45, 7) is 2.53. The number of hydrogen-bond acceptors (Lipinski definition) is 2. The average molecular weight is 306 g/mol. The highest BCUT2D eigenvalue weighted by atomic mass is 35.5. The Hall–Kier alpha value is -1.74. The van der Waals surface area contributed by atoms with Crippen LogP contribution in [0.2, 0.25) is 5.02 Å². The molecular weight excluding hydrogens is 289 g/mol. The Morgan fingerprint density at radius 2 is 2.19 bits per heavy atom. The van der Waals surface area contributed by atoms with Gasteiger partial charge in [0.15, 0.2) is 0 Å². The molecule has 0 fully saturated rings. The normalized spacial score (nSPS) is 16.6. The summed E-state index contributed by atoms with van der Waals surface area (Å²) in [5, 5.41) is 4.09. The van der Waals surface area contributed by atoms with E-state index in [9.17, 15) is 4.39 Å². The molecule has 0 radical (unpaired) electrons. The van der Waals surface area contributed by atoms with Gasteiger partial charge in [0.05, 0.1) is 18.3 Å². The van der Waals surface area contributed by atoms with Gasteiger partial charge in [-0.15, -0.1) is 0 Å². The van der Waals surface area contributed by atoms with Gasteiger partial charge in [-0.2, -0.15) is 0 Å². The lowest BCUT2D eigenvalue weighted by Gasteiger charge is -2.18. The van der Waals surface area contributed by atoms with Crippen molar-refractivity contribution in [2.24, 2.45) is 0 Å². The summed E-state index contributed by atoms with van der Waals surface area (Å²) in [7, 11) is 0. The first kappa shape index (κ1) is 14.2. The second-order valence-electron chi connectivity index (χ2n) is 5.12. The average Bonchev–Trinajstić information content (AvgIpc) is 2.87. The van der Waals surface area contributed by atoms with Gasteiger partial charge in [-0.05, 0) is 55.2 Å². The summed E-state index contributed by atoms with van der Waals surface area (Å²) in [6.07, 6.45) is 1.62. The first-order valence-corrected chi connectivity index (χ1v) is 7.53. The van der Waals surface area contributed by atoms with Gasteiger partial charge in [-0.25, -0.2) is 4.39 Å². The Balaban J connectivity index is 1.89. The number of benzene rings is 2. The molecule has 0 bridgehead atoms. The molecule has 0 amide bonds. The van der Waals surface area contributed by atoms with Gasteiger partial charge < -0.3 is 10.1 Å². The third kappa shape index (κ3) is 2.84. The zero-order valence-corrected chi connectivity index (χ0v) is 12.6. The van der Waals surface area contributed by atoms with Crippen LogP contribution in [0, 0.1) is 5.82 Å². The van der Waals surface area contributed by atoms with Crippen LogP contribution < -0.4 is 10.1 Å². The lowest BCUT2D eigenvalue weighted by atomic mass is 10.1. The fourth-order valence-corrected chi connectivity index (χ4v) is 3.02. The first-order chi connectivity index (χ1) is 10.2. The molecule has 2 aromatic rings. The molecule has 0 aromatic heterocycles. The van der Waals surface area contributed by atoms with Crippen LogP contribution in [0.3, 0.4) is 0 Å². The lowest BCUT2D eigenvalue weighted by Crippen LogP contribution is -2.09. The topological polar surface area (TPSA) is 21.3 Å². The predicted molar refractivity (Wildman–Crippen MR) is 83.7 cm³/mol. The standard InChI is InChI=1S/C17H17ClFNO/c1-2-21-17-9-6-11(18)10-16(17)20-15-8-7-12-13(15)4-3-5-14(12)19/h3-6,9-10,15,20H,2,7-8H2,1H3. The number of ether oxygens (including phenoxy) is 1. The van der Waals surface area contributed by atoms with E-state index in [1.807, 2.05) is 25.1 Å². The van der Waals surface area contributed by atoms with E-state index < -0.39 is 0 Å². The first-order valence-electron chi connectivity index (χ1n) is 7.15. The summed E-state index contributed by atoms with van der Waals surface area (Å²) in [4.78, 5) is 0. The molecule has 4 heteroatoms. The molecule has 1 unspecified atom stereocenters. The molecule has 21 heavy (non-hydrogen) atoms. The predicted octanol–water partition coefficient (Wildman–Crippen LogP) is 4.98. The monoisotopic (exact) mass is 305 g/mol. The molecule has 1 aliphatic carbocycles. The maximum Gasteiger partial charge on any atom is 0.142 e. The zero-order valence-electron chi connectivity index (χ0n) is 11.8. The Morgan fingerprint density at radius 3 is 3.00 bits per heavy atom. The van der Waals surface area contributed by atoms with E-state index >= 15 is 0 Å². The number of anilines is 1. The third-order valence-electron chi connectivity index (χ3n) is 3.78. The molecular formula is C17H17ClFNO. The molecule has 1 atom stereocenters. The third-order valence-corrected chi connectivity index (χ3v) is 4.02. The van der Waals surface area contributed by atoms with Gasteiger partial charge in [0.1, 0.15) is 11.6 Å². The van der Waals surface area contributed by atoms with E-state index in [0.717, 1.165) is 35.4 Å². The SMILES string of the molecule is CCOc1ccc(Cl)cc1NC1CCc2c(F)cccc21. The van der Waals surface area contributed by atoms with Crippen LogP contribution in [0.25, 0.3) is 0 Å². The number of rotatable bonds is 4. The Bertz CT molecular complexity index is 659. The van der Waals surface area contributed by atoms with Crippen LogP contribution in [-0.2, 0) is 6.42 Å². The van der Waals surface area contributed by atoms with Gasteiger partial charge >= 0.3 is 0 Å². The van der Waals surface area contributed by atoms with E-state index in [1.165, 1.54) is 6.07 Å².